The van der Waals surface area contributed by atoms with Gasteiger partial charge in [0.25, 0.3) is 0 Å². The van der Waals surface area contributed by atoms with E-state index in [1.807, 2.05) is 24.0 Å². The zero-order valence-corrected chi connectivity index (χ0v) is 10.1. The summed E-state index contributed by atoms with van der Waals surface area (Å²) in [5.41, 5.74) is 0. The van der Waals surface area contributed by atoms with Crippen molar-refractivity contribution in [2.45, 2.75) is 6.42 Å². The molecule has 0 aliphatic carbocycles. The molecule has 1 aromatic rings. The van der Waals surface area contributed by atoms with Gasteiger partial charge in [-0.2, -0.15) is 0 Å². The summed E-state index contributed by atoms with van der Waals surface area (Å²) in [7, 11) is 3.69. The van der Waals surface area contributed by atoms with Crippen LogP contribution in [0, 0.1) is 0 Å². The van der Waals surface area contributed by atoms with Crippen LogP contribution in [-0.4, -0.2) is 49.6 Å². The lowest BCUT2D eigenvalue weighted by Crippen LogP contribution is -2.23. The first kappa shape index (κ1) is 13.2. The largest absolute Gasteiger partial charge is 0.382 e. The maximum atomic E-state index is 5.33. The minimum absolute atomic E-state index is 0.660. The number of imidazole rings is 1. The van der Waals surface area contributed by atoms with E-state index in [4.69, 9.17) is 9.47 Å². The third-order valence-corrected chi connectivity index (χ3v) is 2.30. The first-order valence-corrected chi connectivity index (χ1v) is 5.58. The Balaban J connectivity index is 1.91. The molecule has 0 fully saturated rings. The highest BCUT2D eigenvalue weighted by molar-refractivity contribution is 4.91. The zero-order chi connectivity index (χ0) is 11.6. The summed E-state index contributed by atoms with van der Waals surface area (Å²) in [6.45, 7) is 3.85. The third kappa shape index (κ3) is 5.25. The van der Waals surface area contributed by atoms with Crippen molar-refractivity contribution < 1.29 is 9.47 Å². The van der Waals surface area contributed by atoms with E-state index in [2.05, 4.69) is 10.3 Å². The molecule has 0 atom stereocenters. The molecule has 1 N–H and O–H groups in total. The molecule has 0 radical (unpaired) electrons. The lowest BCUT2D eigenvalue weighted by molar-refractivity contribution is 0.0721. The van der Waals surface area contributed by atoms with Crippen LogP contribution in [0.4, 0.5) is 0 Å². The summed E-state index contributed by atoms with van der Waals surface area (Å²) < 4.78 is 12.2. The van der Waals surface area contributed by atoms with Crippen LogP contribution in [-0.2, 0) is 22.9 Å². The van der Waals surface area contributed by atoms with Crippen LogP contribution in [0.25, 0.3) is 0 Å². The van der Waals surface area contributed by atoms with Gasteiger partial charge in [0.15, 0.2) is 0 Å². The van der Waals surface area contributed by atoms with Gasteiger partial charge in [0.1, 0.15) is 5.82 Å². The summed E-state index contributed by atoms with van der Waals surface area (Å²) in [5, 5.41) is 3.31. The molecule has 1 heterocycles. The Morgan fingerprint density at radius 1 is 1.31 bits per heavy atom. The highest BCUT2D eigenvalue weighted by atomic mass is 16.5. The summed E-state index contributed by atoms with van der Waals surface area (Å²) in [4.78, 5) is 4.25. The van der Waals surface area contributed by atoms with Crippen molar-refractivity contribution in [1.82, 2.24) is 14.9 Å². The van der Waals surface area contributed by atoms with E-state index in [1.54, 1.807) is 7.11 Å². The molecule has 0 aliphatic rings. The number of methoxy groups -OCH3 is 1. The number of rotatable bonds is 9. The highest BCUT2D eigenvalue weighted by Gasteiger charge is 1.97. The fourth-order valence-corrected chi connectivity index (χ4v) is 1.35. The van der Waals surface area contributed by atoms with Crippen LogP contribution >= 0.6 is 0 Å². The van der Waals surface area contributed by atoms with Crippen molar-refractivity contribution in [2.75, 3.05) is 40.0 Å². The second-order valence-corrected chi connectivity index (χ2v) is 3.56. The standard InChI is InChI=1S/C11H21N3O2/c1-14-7-5-13-11(14)3-4-12-6-8-16-10-9-15-2/h5,7,12H,3-4,6,8-10H2,1-2H3. The predicted octanol–water partition coefficient (Wildman–Crippen LogP) is 0.215. The number of nitrogens with zero attached hydrogens (tertiary/aromatic N) is 2. The van der Waals surface area contributed by atoms with Gasteiger partial charge in [0, 0.05) is 46.1 Å². The number of aromatic nitrogens is 2. The molecule has 0 unspecified atom stereocenters. The Kier molecular flexibility index (Phi) is 6.80. The van der Waals surface area contributed by atoms with Crippen molar-refractivity contribution in [3.8, 4) is 0 Å². The first-order chi connectivity index (χ1) is 7.84. The SMILES string of the molecule is COCCOCCNCCc1nccn1C. The molecule has 0 amide bonds. The summed E-state index contributed by atoms with van der Waals surface area (Å²) >= 11 is 0. The van der Waals surface area contributed by atoms with Gasteiger partial charge in [0.2, 0.25) is 0 Å². The van der Waals surface area contributed by atoms with Crippen molar-refractivity contribution >= 4 is 0 Å². The number of aryl methyl sites for hydroxylation is 1. The molecule has 1 rings (SSSR count). The van der Waals surface area contributed by atoms with Gasteiger partial charge in [-0.05, 0) is 0 Å². The van der Waals surface area contributed by atoms with E-state index in [0.717, 1.165) is 31.9 Å². The zero-order valence-electron chi connectivity index (χ0n) is 10.1. The summed E-state index contributed by atoms with van der Waals surface area (Å²) in [6.07, 6.45) is 4.73. The van der Waals surface area contributed by atoms with Crippen LogP contribution in [0.15, 0.2) is 12.4 Å². The van der Waals surface area contributed by atoms with Gasteiger partial charge in [-0.25, -0.2) is 4.98 Å². The number of hydrogen-bond acceptors (Lipinski definition) is 4. The lowest BCUT2D eigenvalue weighted by atomic mass is 10.4. The highest BCUT2D eigenvalue weighted by Crippen LogP contribution is 1.93. The second-order valence-electron chi connectivity index (χ2n) is 3.56. The minimum atomic E-state index is 0.660. The molecule has 1 aromatic heterocycles. The maximum Gasteiger partial charge on any atom is 0.109 e. The predicted molar refractivity (Wildman–Crippen MR) is 62.5 cm³/mol. The Bertz CT molecular complexity index is 276. The molecule has 0 bridgehead atoms. The monoisotopic (exact) mass is 227 g/mol. The van der Waals surface area contributed by atoms with Crippen LogP contribution in [0.5, 0.6) is 0 Å². The van der Waals surface area contributed by atoms with Crippen LogP contribution in [0.3, 0.4) is 0 Å². The Morgan fingerprint density at radius 2 is 2.19 bits per heavy atom. The van der Waals surface area contributed by atoms with E-state index in [0.29, 0.717) is 13.2 Å². The molecule has 0 spiro atoms. The van der Waals surface area contributed by atoms with Gasteiger partial charge in [-0.1, -0.05) is 0 Å². The number of hydrogen-bond donors (Lipinski definition) is 1. The van der Waals surface area contributed by atoms with Gasteiger partial charge < -0.3 is 19.4 Å². The molecular formula is C11H21N3O2. The van der Waals surface area contributed by atoms with Crippen LogP contribution in [0.1, 0.15) is 5.82 Å². The van der Waals surface area contributed by atoms with E-state index in [-0.39, 0.29) is 0 Å². The van der Waals surface area contributed by atoms with Crippen molar-refractivity contribution in [3.63, 3.8) is 0 Å². The molecule has 5 heteroatoms. The summed E-state index contributed by atoms with van der Waals surface area (Å²) in [6, 6.07) is 0. The Morgan fingerprint density at radius 3 is 2.88 bits per heavy atom. The smallest absolute Gasteiger partial charge is 0.109 e. The molecular weight excluding hydrogens is 206 g/mol. The first-order valence-electron chi connectivity index (χ1n) is 5.58. The normalized spacial score (nSPS) is 10.9. The number of nitrogens with one attached hydrogen (secondary N) is 1. The topological polar surface area (TPSA) is 48.3 Å². The van der Waals surface area contributed by atoms with Gasteiger partial charge in [0.05, 0.1) is 19.8 Å². The number of ether oxygens (including phenoxy) is 2. The van der Waals surface area contributed by atoms with Gasteiger partial charge >= 0.3 is 0 Å². The Hall–Kier alpha value is -0.910. The lowest BCUT2D eigenvalue weighted by Gasteiger charge is -2.06. The maximum absolute atomic E-state index is 5.33. The molecule has 5 nitrogen and oxygen atoms in total. The average molecular weight is 227 g/mol. The molecule has 0 saturated carbocycles. The van der Waals surface area contributed by atoms with E-state index in [9.17, 15) is 0 Å². The van der Waals surface area contributed by atoms with E-state index >= 15 is 0 Å². The van der Waals surface area contributed by atoms with Crippen molar-refractivity contribution in [3.05, 3.63) is 18.2 Å². The van der Waals surface area contributed by atoms with Crippen LogP contribution < -0.4 is 5.32 Å². The second kappa shape index (κ2) is 8.27. The van der Waals surface area contributed by atoms with Gasteiger partial charge in [-0.3, -0.25) is 0 Å². The Labute approximate surface area is 96.8 Å². The third-order valence-electron chi connectivity index (χ3n) is 2.30. The van der Waals surface area contributed by atoms with E-state index < -0.39 is 0 Å². The summed E-state index contributed by atoms with van der Waals surface area (Å²) in [5.74, 6) is 1.10. The minimum Gasteiger partial charge on any atom is -0.382 e. The van der Waals surface area contributed by atoms with Crippen molar-refractivity contribution in [1.29, 1.82) is 0 Å². The molecule has 0 saturated heterocycles. The molecule has 0 aromatic carbocycles. The van der Waals surface area contributed by atoms with Crippen LogP contribution in [0.2, 0.25) is 0 Å². The molecule has 16 heavy (non-hydrogen) atoms. The van der Waals surface area contributed by atoms with Gasteiger partial charge in [-0.15, -0.1) is 0 Å². The fraction of sp³-hybridized carbons (Fsp3) is 0.727. The average Bonchev–Trinajstić information content (AvgIpc) is 2.68. The van der Waals surface area contributed by atoms with E-state index in [1.165, 1.54) is 0 Å². The fourth-order valence-electron chi connectivity index (χ4n) is 1.35. The molecule has 92 valence electrons. The van der Waals surface area contributed by atoms with Crippen molar-refractivity contribution in [2.24, 2.45) is 7.05 Å². The molecule has 0 aliphatic heterocycles. The quantitative estimate of drug-likeness (QED) is 0.613.